The summed E-state index contributed by atoms with van der Waals surface area (Å²) in [5, 5.41) is 15.8. The average molecular weight is 309 g/mol. The molecule has 0 amide bonds. The molecule has 3 rings (SSSR count). The molecule has 23 heavy (non-hydrogen) atoms. The first-order valence-electron chi connectivity index (χ1n) is 7.16. The first-order valence-corrected chi connectivity index (χ1v) is 7.16. The highest BCUT2D eigenvalue weighted by Crippen LogP contribution is 2.14. The van der Waals surface area contributed by atoms with Crippen LogP contribution < -0.4 is 0 Å². The SMILES string of the molecule is O=C(C=C(O)c1ncn[nH]1)c1ccc(CCc2ccccc2)o1. The van der Waals surface area contributed by atoms with Crippen LogP contribution >= 0.6 is 0 Å². The first kappa shape index (κ1) is 14.8. The van der Waals surface area contributed by atoms with Crippen LogP contribution in [0.15, 0.2) is 59.3 Å². The van der Waals surface area contributed by atoms with Crippen LogP contribution in [0.3, 0.4) is 0 Å². The van der Waals surface area contributed by atoms with Crippen LogP contribution in [0, 0.1) is 0 Å². The Labute approximate surface area is 132 Å². The maximum absolute atomic E-state index is 12.0. The van der Waals surface area contributed by atoms with Gasteiger partial charge in [-0.05, 0) is 24.1 Å². The van der Waals surface area contributed by atoms with Crippen molar-refractivity contribution in [3.8, 4) is 0 Å². The number of aliphatic hydroxyl groups excluding tert-OH is 1. The van der Waals surface area contributed by atoms with E-state index in [0.29, 0.717) is 6.42 Å². The molecule has 0 saturated carbocycles. The van der Waals surface area contributed by atoms with Crippen LogP contribution in [0.2, 0.25) is 0 Å². The second-order valence-corrected chi connectivity index (χ2v) is 4.98. The fraction of sp³-hybridized carbons (Fsp3) is 0.118. The normalized spacial score (nSPS) is 11.6. The summed E-state index contributed by atoms with van der Waals surface area (Å²) in [5.41, 5.74) is 1.21. The van der Waals surface area contributed by atoms with Crippen molar-refractivity contribution in [2.24, 2.45) is 0 Å². The molecule has 1 aromatic carbocycles. The minimum Gasteiger partial charge on any atom is -0.504 e. The van der Waals surface area contributed by atoms with Gasteiger partial charge in [-0.1, -0.05) is 30.3 Å². The predicted octanol–water partition coefficient (Wildman–Crippen LogP) is 2.96. The number of H-pyrrole nitrogens is 1. The van der Waals surface area contributed by atoms with Crippen LogP contribution in [0.5, 0.6) is 0 Å². The number of allylic oxidation sites excluding steroid dienone is 1. The predicted molar refractivity (Wildman–Crippen MR) is 83.9 cm³/mol. The molecule has 2 heterocycles. The topological polar surface area (TPSA) is 92.0 Å². The molecule has 3 aromatic rings. The number of hydrogen-bond donors (Lipinski definition) is 2. The van der Waals surface area contributed by atoms with Gasteiger partial charge in [0.25, 0.3) is 0 Å². The number of ketones is 1. The van der Waals surface area contributed by atoms with Gasteiger partial charge in [0.2, 0.25) is 5.78 Å². The molecule has 0 atom stereocenters. The smallest absolute Gasteiger partial charge is 0.224 e. The molecule has 116 valence electrons. The number of rotatable bonds is 6. The molecule has 2 N–H and O–H groups in total. The van der Waals surface area contributed by atoms with Crippen LogP contribution in [-0.2, 0) is 12.8 Å². The molecule has 0 radical (unpaired) electrons. The number of aromatic nitrogens is 3. The third kappa shape index (κ3) is 3.74. The van der Waals surface area contributed by atoms with E-state index in [4.69, 9.17) is 4.42 Å². The monoisotopic (exact) mass is 309 g/mol. The van der Waals surface area contributed by atoms with E-state index in [1.807, 2.05) is 30.3 Å². The molecule has 0 aliphatic carbocycles. The van der Waals surface area contributed by atoms with Crippen LogP contribution in [0.4, 0.5) is 0 Å². The van der Waals surface area contributed by atoms with Crippen LogP contribution in [0.1, 0.15) is 27.7 Å². The third-order valence-electron chi connectivity index (χ3n) is 3.33. The van der Waals surface area contributed by atoms with Crippen molar-refractivity contribution in [1.29, 1.82) is 0 Å². The zero-order valence-electron chi connectivity index (χ0n) is 12.3. The molecule has 0 spiro atoms. The number of carbonyl (C=O) groups excluding carboxylic acids is 1. The summed E-state index contributed by atoms with van der Waals surface area (Å²) in [4.78, 5) is 15.8. The van der Waals surface area contributed by atoms with Crippen molar-refractivity contribution in [1.82, 2.24) is 15.2 Å². The van der Waals surface area contributed by atoms with E-state index in [0.717, 1.165) is 18.3 Å². The number of benzene rings is 1. The standard InChI is InChI=1S/C17H15N3O3/c21-14(10-15(22)17-18-11-19-20-17)16-9-8-13(23-16)7-6-12-4-2-1-3-5-12/h1-5,8-11,22H,6-7H2,(H,18,19,20). The number of furan rings is 1. The molecule has 0 fully saturated rings. The number of hydrogen-bond acceptors (Lipinski definition) is 5. The van der Waals surface area contributed by atoms with Crippen LogP contribution in [-0.4, -0.2) is 26.1 Å². The van der Waals surface area contributed by atoms with Crippen LogP contribution in [0.25, 0.3) is 5.76 Å². The maximum atomic E-state index is 12.0. The Morgan fingerprint density at radius 1 is 1.17 bits per heavy atom. The second-order valence-electron chi connectivity index (χ2n) is 4.98. The van der Waals surface area contributed by atoms with Gasteiger partial charge in [0.1, 0.15) is 12.1 Å². The van der Waals surface area contributed by atoms with Crippen molar-refractivity contribution >= 4 is 11.5 Å². The molecule has 0 saturated heterocycles. The molecular formula is C17H15N3O3. The second kappa shape index (κ2) is 6.74. The lowest BCUT2D eigenvalue weighted by Crippen LogP contribution is -1.96. The molecule has 6 heteroatoms. The summed E-state index contributed by atoms with van der Waals surface area (Å²) in [5.74, 6) is 0.331. The highest BCUT2D eigenvalue weighted by molar-refractivity contribution is 6.05. The highest BCUT2D eigenvalue weighted by atomic mass is 16.3. The zero-order valence-corrected chi connectivity index (χ0v) is 12.3. The summed E-state index contributed by atoms with van der Waals surface area (Å²) >= 11 is 0. The lowest BCUT2D eigenvalue weighted by molar-refractivity contribution is 0.101. The third-order valence-corrected chi connectivity index (χ3v) is 3.33. The van der Waals surface area contributed by atoms with Gasteiger partial charge in [0.05, 0.1) is 0 Å². The van der Waals surface area contributed by atoms with Crippen molar-refractivity contribution in [3.05, 3.63) is 77.8 Å². The molecule has 0 bridgehead atoms. The number of carbonyl (C=O) groups is 1. The zero-order chi connectivity index (χ0) is 16.1. The number of nitrogens with one attached hydrogen (secondary N) is 1. The van der Waals surface area contributed by atoms with Gasteiger partial charge in [-0.25, -0.2) is 4.98 Å². The van der Waals surface area contributed by atoms with E-state index >= 15 is 0 Å². The van der Waals surface area contributed by atoms with Crippen molar-refractivity contribution in [2.45, 2.75) is 12.8 Å². The molecule has 6 nitrogen and oxygen atoms in total. The molecule has 0 unspecified atom stereocenters. The number of aromatic amines is 1. The Bertz CT molecular complexity index is 805. The lowest BCUT2D eigenvalue weighted by atomic mass is 10.1. The minimum atomic E-state index is -0.426. The van der Waals surface area contributed by atoms with Gasteiger partial charge in [-0.15, -0.1) is 0 Å². The van der Waals surface area contributed by atoms with Gasteiger partial charge >= 0.3 is 0 Å². The minimum absolute atomic E-state index is 0.134. The Morgan fingerprint density at radius 2 is 2.00 bits per heavy atom. The van der Waals surface area contributed by atoms with Gasteiger partial charge in [0, 0.05) is 12.5 Å². The first-order chi connectivity index (χ1) is 11.2. The van der Waals surface area contributed by atoms with Gasteiger partial charge < -0.3 is 9.52 Å². The molecule has 0 aliphatic rings. The number of aryl methyl sites for hydroxylation is 2. The van der Waals surface area contributed by atoms with E-state index in [-0.39, 0.29) is 17.3 Å². The van der Waals surface area contributed by atoms with E-state index in [1.165, 1.54) is 11.9 Å². The fourth-order valence-electron chi connectivity index (χ4n) is 2.15. The Balaban J connectivity index is 1.64. The van der Waals surface area contributed by atoms with E-state index in [1.54, 1.807) is 12.1 Å². The summed E-state index contributed by atoms with van der Waals surface area (Å²) in [6.07, 6.45) is 3.84. The molecule has 2 aromatic heterocycles. The van der Waals surface area contributed by atoms with E-state index in [2.05, 4.69) is 15.2 Å². The molecular weight excluding hydrogens is 294 g/mol. The Morgan fingerprint density at radius 3 is 2.74 bits per heavy atom. The summed E-state index contributed by atoms with van der Waals surface area (Å²) < 4.78 is 5.53. The number of nitrogens with zero attached hydrogens (tertiary/aromatic N) is 2. The van der Waals surface area contributed by atoms with Crippen molar-refractivity contribution < 1.29 is 14.3 Å². The van der Waals surface area contributed by atoms with Crippen molar-refractivity contribution in [2.75, 3.05) is 0 Å². The summed E-state index contributed by atoms with van der Waals surface area (Å²) in [7, 11) is 0. The Hall–Kier alpha value is -3.15. The molecule has 0 aliphatic heterocycles. The summed E-state index contributed by atoms with van der Waals surface area (Å²) in [6.45, 7) is 0. The Kier molecular flexibility index (Phi) is 4.33. The number of aliphatic hydroxyl groups is 1. The van der Waals surface area contributed by atoms with Gasteiger partial charge in [0.15, 0.2) is 17.3 Å². The highest BCUT2D eigenvalue weighted by Gasteiger charge is 2.12. The van der Waals surface area contributed by atoms with E-state index < -0.39 is 5.78 Å². The van der Waals surface area contributed by atoms with E-state index in [9.17, 15) is 9.90 Å². The van der Waals surface area contributed by atoms with Crippen molar-refractivity contribution in [3.63, 3.8) is 0 Å². The van der Waals surface area contributed by atoms with Gasteiger partial charge in [-0.2, -0.15) is 5.10 Å². The maximum Gasteiger partial charge on any atom is 0.224 e. The fourth-order valence-corrected chi connectivity index (χ4v) is 2.15. The largest absolute Gasteiger partial charge is 0.504 e. The average Bonchev–Trinajstić information content (AvgIpc) is 3.25. The quantitative estimate of drug-likeness (QED) is 0.415. The lowest BCUT2D eigenvalue weighted by Gasteiger charge is -1.98. The van der Waals surface area contributed by atoms with Gasteiger partial charge in [-0.3, -0.25) is 9.89 Å². The summed E-state index contributed by atoms with van der Waals surface area (Å²) in [6, 6.07) is 13.4.